The van der Waals surface area contributed by atoms with Crippen molar-refractivity contribution in [3.63, 3.8) is 0 Å². The number of nitrogens with one attached hydrogen (secondary N) is 2. The SMILES string of the molecule is c1ccc(-c2ncc(CNC3CCCCCC3)[nH]2)cc1. The molecule has 106 valence electrons. The maximum Gasteiger partial charge on any atom is 0.137 e. The van der Waals surface area contributed by atoms with Crippen molar-refractivity contribution in [2.75, 3.05) is 0 Å². The Morgan fingerprint density at radius 2 is 1.80 bits per heavy atom. The lowest BCUT2D eigenvalue weighted by molar-refractivity contribution is 0.456. The van der Waals surface area contributed by atoms with E-state index in [0.717, 1.165) is 17.9 Å². The summed E-state index contributed by atoms with van der Waals surface area (Å²) in [6.45, 7) is 0.893. The maximum atomic E-state index is 4.47. The molecule has 1 saturated carbocycles. The van der Waals surface area contributed by atoms with Gasteiger partial charge in [0.25, 0.3) is 0 Å². The summed E-state index contributed by atoms with van der Waals surface area (Å²) in [4.78, 5) is 7.88. The molecule has 3 heteroatoms. The Hall–Kier alpha value is -1.61. The minimum atomic E-state index is 0.681. The number of nitrogens with zero attached hydrogens (tertiary/aromatic N) is 1. The summed E-state index contributed by atoms with van der Waals surface area (Å²) < 4.78 is 0. The van der Waals surface area contributed by atoms with Crippen LogP contribution in [0, 0.1) is 0 Å². The van der Waals surface area contributed by atoms with Crippen LogP contribution in [0.2, 0.25) is 0 Å². The van der Waals surface area contributed by atoms with Crippen LogP contribution in [0.15, 0.2) is 36.5 Å². The second-order valence-corrected chi connectivity index (χ2v) is 5.69. The van der Waals surface area contributed by atoms with Gasteiger partial charge in [0.15, 0.2) is 0 Å². The van der Waals surface area contributed by atoms with E-state index in [0.29, 0.717) is 6.04 Å². The highest BCUT2D eigenvalue weighted by molar-refractivity contribution is 5.54. The number of aromatic amines is 1. The summed E-state index contributed by atoms with van der Waals surface area (Å²) in [6.07, 6.45) is 10.1. The molecule has 3 rings (SSSR count). The number of imidazole rings is 1. The lowest BCUT2D eigenvalue weighted by Crippen LogP contribution is -2.27. The Labute approximate surface area is 120 Å². The molecule has 0 aliphatic heterocycles. The topological polar surface area (TPSA) is 40.7 Å². The highest BCUT2D eigenvalue weighted by Gasteiger charge is 2.12. The van der Waals surface area contributed by atoms with E-state index in [2.05, 4.69) is 27.4 Å². The van der Waals surface area contributed by atoms with E-state index in [4.69, 9.17) is 0 Å². The van der Waals surface area contributed by atoms with Crippen LogP contribution >= 0.6 is 0 Å². The predicted molar refractivity (Wildman–Crippen MR) is 82.4 cm³/mol. The smallest absolute Gasteiger partial charge is 0.137 e. The van der Waals surface area contributed by atoms with Gasteiger partial charge in [-0.05, 0) is 12.8 Å². The predicted octanol–water partition coefficient (Wildman–Crippen LogP) is 3.89. The monoisotopic (exact) mass is 269 g/mol. The summed E-state index contributed by atoms with van der Waals surface area (Å²) in [5, 5.41) is 3.67. The zero-order chi connectivity index (χ0) is 13.6. The Kier molecular flexibility index (Phi) is 4.49. The third-order valence-electron chi connectivity index (χ3n) is 4.11. The van der Waals surface area contributed by atoms with Crippen LogP contribution in [-0.4, -0.2) is 16.0 Å². The molecule has 0 bridgehead atoms. The molecule has 1 aliphatic rings. The van der Waals surface area contributed by atoms with Gasteiger partial charge in [0.1, 0.15) is 5.82 Å². The van der Waals surface area contributed by atoms with E-state index < -0.39 is 0 Å². The molecule has 20 heavy (non-hydrogen) atoms. The highest BCUT2D eigenvalue weighted by atomic mass is 15.0. The largest absolute Gasteiger partial charge is 0.341 e. The molecule has 1 heterocycles. The fourth-order valence-corrected chi connectivity index (χ4v) is 2.93. The van der Waals surface area contributed by atoms with Gasteiger partial charge in [0.2, 0.25) is 0 Å². The van der Waals surface area contributed by atoms with E-state index in [1.165, 1.54) is 44.2 Å². The standard InChI is InChI=1S/C17H23N3/c1-2-7-11-15(10-6-1)18-12-16-13-19-17(20-16)14-8-4-3-5-9-14/h3-5,8-9,13,15,18H,1-2,6-7,10-12H2,(H,19,20). The number of benzene rings is 1. The van der Waals surface area contributed by atoms with Crippen molar-refractivity contribution >= 4 is 0 Å². The summed E-state index contributed by atoms with van der Waals surface area (Å²) in [5.74, 6) is 0.961. The minimum Gasteiger partial charge on any atom is -0.341 e. The normalized spacial score (nSPS) is 17.0. The second kappa shape index (κ2) is 6.71. The Bertz CT molecular complexity index is 510. The van der Waals surface area contributed by atoms with Gasteiger partial charge in [-0.2, -0.15) is 0 Å². The lowest BCUT2D eigenvalue weighted by atomic mass is 10.1. The van der Waals surface area contributed by atoms with Crippen molar-refractivity contribution in [2.24, 2.45) is 0 Å². The van der Waals surface area contributed by atoms with Crippen LogP contribution < -0.4 is 5.32 Å². The molecule has 0 spiro atoms. The Morgan fingerprint density at radius 3 is 2.55 bits per heavy atom. The molecule has 2 N–H and O–H groups in total. The van der Waals surface area contributed by atoms with Gasteiger partial charge in [0, 0.05) is 30.0 Å². The van der Waals surface area contributed by atoms with Gasteiger partial charge >= 0.3 is 0 Å². The summed E-state index contributed by atoms with van der Waals surface area (Å²) in [6, 6.07) is 11.0. The van der Waals surface area contributed by atoms with Crippen LogP contribution in [0.25, 0.3) is 11.4 Å². The van der Waals surface area contributed by atoms with Crippen LogP contribution in [0.1, 0.15) is 44.2 Å². The van der Waals surface area contributed by atoms with Gasteiger partial charge in [0.05, 0.1) is 0 Å². The summed E-state index contributed by atoms with van der Waals surface area (Å²) in [5.41, 5.74) is 2.32. The zero-order valence-electron chi connectivity index (χ0n) is 11.9. The first-order valence-corrected chi connectivity index (χ1v) is 7.74. The maximum absolute atomic E-state index is 4.47. The summed E-state index contributed by atoms with van der Waals surface area (Å²) in [7, 11) is 0. The first kappa shape index (κ1) is 13.4. The molecule has 0 radical (unpaired) electrons. The van der Waals surface area contributed by atoms with Gasteiger partial charge in [-0.25, -0.2) is 4.98 Å². The fourth-order valence-electron chi connectivity index (χ4n) is 2.93. The van der Waals surface area contributed by atoms with Crippen LogP contribution in [-0.2, 0) is 6.54 Å². The average Bonchev–Trinajstić information content (AvgIpc) is 2.82. The van der Waals surface area contributed by atoms with E-state index >= 15 is 0 Å². The van der Waals surface area contributed by atoms with Crippen LogP contribution in [0.5, 0.6) is 0 Å². The van der Waals surface area contributed by atoms with Crippen LogP contribution in [0.4, 0.5) is 0 Å². The van der Waals surface area contributed by atoms with Gasteiger partial charge in [-0.15, -0.1) is 0 Å². The molecular formula is C17H23N3. The third kappa shape index (κ3) is 3.48. The van der Waals surface area contributed by atoms with Gasteiger partial charge < -0.3 is 10.3 Å². The van der Waals surface area contributed by atoms with E-state index in [-0.39, 0.29) is 0 Å². The molecule has 1 fully saturated rings. The molecular weight excluding hydrogens is 246 g/mol. The molecule has 1 aromatic carbocycles. The molecule has 0 saturated heterocycles. The van der Waals surface area contributed by atoms with E-state index in [1.54, 1.807) is 0 Å². The number of H-pyrrole nitrogens is 1. The van der Waals surface area contributed by atoms with Crippen molar-refractivity contribution in [1.29, 1.82) is 0 Å². The van der Waals surface area contributed by atoms with E-state index in [1.807, 2.05) is 24.4 Å². The second-order valence-electron chi connectivity index (χ2n) is 5.69. The average molecular weight is 269 g/mol. The van der Waals surface area contributed by atoms with E-state index in [9.17, 15) is 0 Å². The molecule has 2 aromatic rings. The fraction of sp³-hybridized carbons (Fsp3) is 0.471. The van der Waals surface area contributed by atoms with Gasteiger partial charge in [-0.1, -0.05) is 56.0 Å². The quantitative estimate of drug-likeness (QED) is 0.827. The van der Waals surface area contributed by atoms with Crippen LogP contribution in [0.3, 0.4) is 0 Å². The molecule has 3 nitrogen and oxygen atoms in total. The van der Waals surface area contributed by atoms with Crippen molar-refractivity contribution in [3.8, 4) is 11.4 Å². The summed E-state index contributed by atoms with van der Waals surface area (Å²) >= 11 is 0. The van der Waals surface area contributed by atoms with Crippen molar-refractivity contribution in [2.45, 2.75) is 51.1 Å². The first-order valence-electron chi connectivity index (χ1n) is 7.74. The molecule has 0 unspecified atom stereocenters. The molecule has 0 atom stereocenters. The molecule has 0 amide bonds. The highest BCUT2D eigenvalue weighted by Crippen LogP contribution is 2.18. The van der Waals surface area contributed by atoms with Gasteiger partial charge in [-0.3, -0.25) is 0 Å². The lowest BCUT2D eigenvalue weighted by Gasteiger charge is -2.15. The molecule has 1 aliphatic carbocycles. The number of rotatable bonds is 4. The van der Waals surface area contributed by atoms with Crippen molar-refractivity contribution in [3.05, 3.63) is 42.2 Å². The Morgan fingerprint density at radius 1 is 1.05 bits per heavy atom. The Balaban J connectivity index is 1.57. The zero-order valence-corrected chi connectivity index (χ0v) is 11.9. The third-order valence-corrected chi connectivity index (χ3v) is 4.11. The first-order chi connectivity index (χ1) is 9.92. The number of hydrogen-bond donors (Lipinski definition) is 2. The number of hydrogen-bond acceptors (Lipinski definition) is 2. The number of aromatic nitrogens is 2. The van der Waals surface area contributed by atoms with Crippen molar-refractivity contribution < 1.29 is 0 Å². The minimum absolute atomic E-state index is 0.681. The molecule has 1 aromatic heterocycles. The van der Waals surface area contributed by atoms with Crippen molar-refractivity contribution in [1.82, 2.24) is 15.3 Å².